The third-order valence-electron chi connectivity index (χ3n) is 1.44. The van der Waals surface area contributed by atoms with E-state index in [-0.39, 0.29) is 0 Å². The van der Waals surface area contributed by atoms with E-state index in [4.69, 9.17) is 4.42 Å². The van der Waals surface area contributed by atoms with Gasteiger partial charge in [-0.25, -0.2) is 0 Å². The van der Waals surface area contributed by atoms with Crippen molar-refractivity contribution in [2.45, 2.75) is 0 Å². The number of hydrogen-bond acceptors (Lipinski definition) is 2. The minimum Gasteiger partial charge on any atom is -0.460 e. The van der Waals surface area contributed by atoms with E-state index in [0.29, 0.717) is 0 Å². The Balaban J connectivity index is 2.46. The Labute approximate surface area is 64.5 Å². The predicted molar refractivity (Wildman–Crippen MR) is 40.8 cm³/mol. The zero-order valence-corrected chi connectivity index (χ0v) is 5.82. The maximum atomic E-state index is 4.82. The van der Waals surface area contributed by atoms with Crippen molar-refractivity contribution in [2.75, 3.05) is 0 Å². The summed E-state index contributed by atoms with van der Waals surface area (Å²) >= 11 is 0. The minimum atomic E-state index is 0.943. The monoisotopic (exact) mass is 144 g/mol. The fourth-order valence-electron chi connectivity index (χ4n) is 0.911. The van der Waals surface area contributed by atoms with Crippen LogP contribution in [0.3, 0.4) is 0 Å². The van der Waals surface area contributed by atoms with E-state index in [1.807, 2.05) is 18.2 Å². The van der Waals surface area contributed by atoms with Gasteiger partial charge >= 0.3 is 0 Å². The highest BCUT2D eigenvalue weighted by Crippen LogP contribution is 2.16. The van der Waals surface area contributed by atoms with Gasteiger partial charge in [0.25, 0.3) is 0 Å². The first-order valence-electron chi connectivity index (χ1n) is 3.32. The lowest BCUT2D eigenvalue weighted by Crippen LogP contribution is -1.73. The summed E-state index contributed by atoms with van der Waals surface area (Å²) in [5, 5.41) is 0. The van der Waals surface area contributed by atoms with Gasteiger partial charge < -0.3 is 4.42 Å². The standard InChI is InChI=1S/C9H6NO/c1-2-8(6-10-4-1)9-3-5-11-7-9/h1-6H. The number of pyridine rings is 1. The Morgan fingerprint density at radius 3 is 3.00 bits per heavy atom. The molecule has 0 aliphatic carbocycles. The molecule has 0 fully saturated rings. The molecule has 2 nitrogen and oxygen atoms in total. The van der Waals surface area contributed by atoms with Gasteiger partial charge in [-0.3, -0.25) is 4.98 Å². The Bertz CT molecular complexity index is 313. The van der Waals surface area contributed by atoms with Crippen molar-refractivity contribution in [1.29, 1.82) is 0 Å². The summed E-state index contributed by atoms with van der Waals surface area (Å²) in [6.45, 7) is 0. The van der Waals surface area contributed by atoms with Crippen molar-refractivity contribution >= 4 is 0 Å². The van der Waals surface area contributed by atoms with Crippen LogP contribution in [0, 0.1) is 6.26 Å². The second-order valence-corrected chi connectivity index (χ2v) is 2.18. The molecule has 11 heavy (non-hydrogen) atoms. The van der Waals surface area contributed by atoms with Gasteiger partial charge in [0.2, 0.25) is 0 Å². The Hall–Kier alpha value is -1.57. The zero-order valence-electron chi connectivity index (χ0n) is 5.82. The van der Waals surface area contributed by atoms with Gasteiger partial charge in [-0.1, -0.05) is 6.07 Å². The summed E-state index contributed by atoms with van der Waals surface area (Å²) in [6, 6.07) is 5.71. The van der Waals surface area contributed by atoms with E-state index in [1.54, 1.807) is 18.7 Å². The molecule has 2 aromatic rings. The molecule has 0 amide bonds. The quantitative estimate of drug-likeness (QED) is 0.612. The van der Waals surface area contributed by atoms with E-state index >= 15 is 0 Å². The first-order chi connectivity index (χ1) is 5.47. The minimum absolute atomic E-state index is 0.943. The van der Waals surface area contributed by atoms with Crippen LogP contribution in [-0.2, 0) is 0 Å². The molecule has 0 aliphatic rings. The summed E-state index contributed by atoms with van der Waals surface area (Å²) in [7, 11) is 0. The molecular weight excluding hydrogens is 138 g/mol. The van der Waals surface area contributed by atoms with Crippen LogP contribution in [-0.4, -0.2) is 4.98 Å². The van der Waals surface area contributed by atoms with Gasteiger partial charge in [0.05, 0.1) is 6.26 Å². The number of furan rings is 1. The molecule has 0 aromatic carbocycles. The topological polar surface area (TPSA) is 26.0 Å². The van der Waals surface area contributed by atoms with E-state index in [2.05, 4.69) is 11.2 Å². The molecule has 0 saturated carbocycles. The lowest BCUT2D eigenvalue weighted by atomic mass is 10.2. The smallest absolute Gasteiger partial charge is 0.177 e. The van der Waals surface area contributed by atoms with Crippen molar-refractivity contribution in [3.8, 4) is 11.1 Å². The van der Waals surface area contributed by atoms with Crippen LogP contribution >= 0.6 is 0 Å². The van der Waals surface area contributed by atoms with Crippen molar-refractivity contribution < 1.29 is 4.42 Å². The summed E-state index contributed by atoms with van der Waals surface area (Å²) in [5.41, 5.74) is 1.97. The van der Waals surface area contributed by atoms with Gasteiger partial charge in [0, 0.05) is 23.5 Å². The summed E-state index contributed by atoms with van der Waals surface area (Å²) < 4.78 is 4.82. The Kier molecular flexibility index (Phi) is 1.44. The van der Waals surface area contributed by atoms with Crippen molar-refractivity contribution in [2.24, 2.45) is 0 Å². The second-order valence-electron chi connectivity index (χ2n) is 2.18. The van der Waals surface area contributed by atoms with Gasteiger partial charge in [-0.2, -0.15) is 0 Å². The fourth-order valence-corrected chi connectivity index (χ4v) is 0.911. The van der Waals surface area contributed by atoms with Crippen LogP contribution in [0.4, 0.5) is 0 Å². The number of aromatic nitrogens is 1. The average Bonchev–Trinajstić information content (AvgIpc) is 2.58. The van der Waals surface area contributed by atoms with Crippen LogP contribution in [0.5, 0.6) is 0 Å². The molecule has 0 atom stereocenters. The molecule has 0 N–H and O–H groups in total. The second kappa shape index (κ2) is 2.58. The van der Waals surface area contributed by atoms with E-state index < -0.39 is 0 Å². The Morgan fingerprint density at radius 1 is 1.36 bits per heavy atom. The van der Waals surface area contributed by atoms with Crippen LogP contribution in [0.1, 0.15) is 0 Å². The van der Waals surface area contributed by atoms with E-state index in [1.165, 1.54) is 0 Å². The van der Waals surface area contributed by atoms with Crippen molar-refractivity contribution in [3.63, 3.8) is 0 Å². The fraction of sp³-hybridized carbons (Fsp3) is 0. The molecule has 2 heteroatoms. The molecule has 2 rings (SSSR count). The summed E-state index contributed by atoms with van der Waals surface area (Å²) in [6.07, 6.45) is 7.86. The molecule has 0 unspecified atom stereocenters. The van der Waals surface area contributed by atoms with Crippen LogP contribution in [0.25, 0.3) is 11.1 Å². The lowest BCUT2D eigenvalue weighted by molar-refractivity contribution is 0.559. The summed E-state index contributed by atoms with van der Waals surface area (Å²) in [5.74, 6) is 0. The van der Waals surface area contributed by atoms with Crippen LogP contribution in [0.2, 0.25) is 0 Å². The molecule has 53 valence electrons. The first-order valence-corrected chi connectivity index (χ1v) is 3.32. The zero-order chi connectivity index (χ0) is 7.52. The van der Waals surface area contributed by atoms with Crippen molar-refractivity contribution in [1.82, 2.24) is 4.98 Å². The molecule has 0 spiro atoms. The van der Waals surface area contributed by atoms with Crippen molar-refractivity contribution in [3.05, 3.63) is 43.1 Å². The summed E-state index contributed by atoms with van der Waals surface area (Å²) in [4.78, 5) is 3.98. The molecule has 0 bridgehead atoms. The normalized spacial score (nSPS) is 9.82. The molecule has 2 heterocycles. The maximum Gasteiger partial charge on any atom is 0.177 e. The maximum absolute atomic E-state index is 4.82. The third-order valence-corrected chi connectivity index (χ3v) is 1.44. The van der Waals surface area contributed by atoms with Gasteiger partial charge in [0.15, 0.2) is 6.26 Å². The Morgan fingerprint density at radius 2 is 2.36 bits per heavy atom. The number of nitrogens with zero attached hydrogens (tertiary/aromatic N) is 1. The number of rotatable bonds is 1. The largest absolute Gasteiger partial charge is 0.460 e. The third kappa shape index (κ3) is 1.15. The van der Waals surface area contributed by atoms with E-state index in [0.717, 1.165) is 11.1 Å². The van der Waals surface area contributed by atoms with Crippen LogP contribution in [0.15, 0.2) is 41.3 Å². The molecular formula is C9H6NO. The van der Waals surface area contributed by atoms with Gasteiger partial charge in [0.1, 0.15) is 0 Å². The lowest BCUT2D eigenvalue weighted by Gasteiger charge is -1.91. The van der Waals surface area contributed by atoms with E-state index in [9.17, 15) is 0 Å². The molecule has 1 radical (unpaired) electrons. The highest BCUT2D eigenvalue weighted by atomic mass is 16.3. The first kappa shape index (κ1) is 6.16. The molecule has 0 aliphatic heterocycles. The van der Waals surface area contributed by atoms with Gasteiger partial charge in [-0.15, -0.1) is 0 Å². The van der Waals surface area contributed by atoms with Crippen LogP contribution < -0.4 is 0 Å². The average molecular weight is 144 g/mol. The number of hydrogen-bond donors (Lipinski definition) is 0. The molecule has 2 aromatic heterocycles. The SMILES string of the molecule is [c]1occc1-c1cccnc1. The highest BCUT2D eigenvalue weighted by Gasteiger charge is 1.96. The van der Waals surface area contributed by atoms with Gasteiger partial charge in [-0.05, 0) is 12.1 Å². The highest BCUT2D eigenvalue weighted by molar-refractivity contribution is 5.59. The molecule has 0 saturated heterocycles. The predicted octanol–water partition coefficient (Wildman–Crippen LogP) is 2.14.